The molecule has 0 saturated carbocycles. The van der Waals surface area contributed by atoms with Crippen LogP contribution in [0.5, 0.6) is 5.75 Å². The highest BCUT2D eigenvalue weighted by molar-refractivity contribution is 5.21. The van der Waals surface area contributed by atoms with Gasteiger partial charge in [0.25, 0.3) is 0 Å². The van der Waals surface area contributed by atoms with Crippen LogP contribution in [0.4, 0.5) is 4.39 Å². The van der Waals surface area contributed by atoms with Gasteiger partial charge in [0, 0.05) is 6.07 Å². The fourth-order valence-electron chi connectivity index (χ4n) is 1.67. The zero-order chi connectivity index (χ0) is 13.0. The maximum Gasteiger partial charge on any atom is 0.306 e. The quantitative estimate of drug-likeness (QED) is 0.896. The van der Waals surface area contributed by atoms with E-state index >= 15 is 0 Å². The summed E-state index contributed by atoms with van der Waals surface area (Å²) >= 11 is 0. The van der Waals surface area contributed by atoms with Crippen LogP contribution >= 0.6 is 0 Å². The van der Waals surface area contributed by atoms with Gasteiger partial charge < -0.3 is 4.74 Å². The Bertz CT molecular complexity index is 596. The number of halogens is 1. The number of aromatic amines is 1. The Morgan fingerprint density at radius 3 is 2.89 bits per heavy atom. The third-order valence-electron chi connectivity index (χ3n) is 2.60. The van der Waals surface area contributed by atoms with Gasteiger partial charge in [-0.05, 0) is 30.5 Å². The molecule has 0 unspecified atom stereocenters. The maximum absolute atomic E-state index is 13.0. The molecule has 1 aromatic heterocycles. The summed E-state index contributed by atoms with van der Waals surface area (Å²) in [6.45, 7) is 0. The minimum Gasteiger partial charge on any atom is -0.491 e. The largest absolute Gasteiger partial charge is 0.491 e. The number of ether oxygens (including phenoxy) is 1. The van der Waals surface area contributed by atoms with Gasteiger partial charge in [0.2, 0.25) is 0 Å². The Morgan fingerprint density at radius 1 is 1.33 bits per heavy atom. The van der Waals surface area contributed by atoms with Crippen molar-refractivity contribution >= 4 is 0 Å². The monoisotopic (exact) mass is 248 g/mol. The van der Waals surface area contributed by atoms with Crippen LogP contribution in [0.25, 0.3) is 0 Å². The summed E-state index contributed by atoms with van der Waals surface area (Å²) in [6.07, 6.45) is 1.26. The van der Waals surface area contributed by atoms with Gasteiger partial charge in [0.15, 0.2) is 5.75 Å². The molecule has 1 aromatic carbocycles. The van der Waals surface area contributed by atoms with Crippen molar-refractivity contribution in [1.82, 2.24) is 10.2 Å². The Balaban J connectivity index is 2.08. The van der Waals surface area contributed by atoms with E-state index in [0.29, 0.717) is 18.5 Å². The summed E-state index contributed by atoms with van der Waals surface area (Å²) in [6, 6.07) is 8.02. The van der Waals surface area contributed by atoms with E-state index in [0.717, 1.165) is 5.56 Å². The Kier molecular flexibility index (Phi) is 3.72. The first-order valence-electron chi connectivity index (χ1n) is 5.56. The molecule has 0 amide bonds. The second kappa shape index (κ2) is 5.44. The first-order chi connectivity index (χ1) is 8.69. The highest BCUT2D eigenvalue weighted by Crippen LogP contribution is 2.09. The van der Waals surface area contributed by atoms with E-state index in [2.05, 4.69) is 10.2 Å². The number of aromatic nitrogens is 2. The normalized spacial score (nSPS) is 10.3. The predicted octanol–water partition coefficient (Wildman–Crippen LogP) is 1.70. The molecule has 1 N–H and O–H groups in total. The molecule has 2 rings (SSSR count). The van der Waals surface area contributed by atoms with Crippen LogP contribution in [0.3, 0.4) is 0 Å². The van der Waals surface area contributed by atoms with Crippen molar-refractivity contribution in [2.75, 3.05) is 7.11 Å². The summed E-state index contributed by atoms with van der Waals surface area (Å²) in [7, 11) is 1.43. The Hall–Kier alpha value is -2.17. The van der Waals surface area contributed by atoms with E-state index in [4.69, 9.17) is 4.74 Å². The topological polar surface area (TPSA) is 55.0 Å². The standard InChI is InChI=1S/C13H13FN2O2/c1-18-12-8-11(15-16-13(12)17)6-5-9-3-2-4-10(14)7-9/h2-4,7-8H,5-6H2,1H3,(H,16,17). The van der Waals surface area contributed by atoms with Crippen LogP contribution in [0.2, 0.25) is 0 Å². The highest BCUT2D eigenvalue weighted by atomic mass is 19.1. The Labute approximate surface area is 103 Å². The van der Waals surface area contributed by atoms with Gasteiger partial charge in [0.1, 0.15) is 5.82 Å². The molecule has 0 fully saturated rings. The fraction of sp³-hybridized carbons (Fsp3) is 0.231. The maximum atomic E-state index is 13.0. The fourth-order valence-corrected chi connectivity index (χ4v) is 1.67. The number of hydrogen-bond acceptors (Lipinski definition) is 3. The molecule has 18 heavy (non-hydrogen) atoms. The molecule has 0 saturated heterocycles. The lowest BCUT2D eigenvalue weighted by molar-refractivity contribution is 0.405. The number of hydrogen-bond donors (Lipinski definition) is 1. The number of methoxy groups -OCH3 is 1. The van der Waals surface area contributed by atoms with E-state index in [-0.39, 0.29) is 17.1 Å². The molecule has 0 spiro atoms. The molecule has 94 valence electrons. The van der Waals surface area contributed by atoms with Crippen molar-refractivity contribution in [3.63, 3.8) is 0 Å². The first kappa shape index (κ1) is 12.3. The van der Waals surface area contributed by atoms with Crippen molar-refractivity contribution in [2.24, 2.45) is 0 Å². The molecular weight excluding hydrogens is 235 g/mol. The summed E-state index contributed by atoms with van der Waals surface area (Å²) in [5.74, 6) is -0.0150. The minimum absolute atomic E-state index is 0.235. The van der Waals surface area contributed by atoms with Gasteiger partial charge in [0.05, 0.1) is 12.8 Å². The van der Waals surface area contributed by atoms with Crippen molar-refractivity contribution in [2.45, 2.75) is 12.8 Å². The van der Waals surface area contributed by atoms with Crippen LogP contribution in [0, 0.1) is 5.82 Å². The molecular formula is C13H13FN2O2. The third-order valence-corrected chi connectivity index (χ3v) is 2.60. The van der Waals surface area contributed by atoms with E-state index in [1.54, 1.807) is 12.1 Å². The van der Waals surface area contributed by atoms with E-state index in [9.17, 15) is 9.18 Å². The molecule has 0 aliphatic carbocycles. The summed E-state index contributed by atoms with van der Waals surface area (Å²) in [5, 5.41) is 6.28. The van der Waals surface area contributed by atoms with Crippen molar-refractivity contribution in [3.8, 4) is 5.75 Å². The third kappa shape index (κ3) is 2.94. The highest BCUT2D eigenvalue weighted by Gasteiger charge is 2.03. The molecule has 4 nitrogen and oxygen atoms in total. The number of nitrogens with one attached hydrogen (secondary N) is 1. The van der Waals surface area contributed by atoms with Crippen LogP contribution in [-0.4, -0.2) is 17.3 Å². The molecule has 1 heterocycles. The molecule has 0 atom stereocenters. The smallest absolute Gasteiger partial charge is 0.306 e. The lowest BCUT2D eigenvalue weighted by atomic mass is 10.1. The average Bonchev–Trinajstić information content (AvgIpc) is 2.38. The molecule has 5 heteroatoms. The summed E-state index contributed by atoms with van der Waals surface area (Å²) in [4.78, 5) is 11.2. The zero-order valence-corrected chi connectivity index (χ0v) is 9.94. The summed E-state index contributed by atoms with van der Waals surface area (Å²) in [5.41, 5.74) is 1.24. The van der Waals surface area contributed by atoms with Gasteiger partial charge in [-0.25, -0.2) is 9.49 Å². The lowest BCUT2D eigenvalue weighted by Gasteiger charge is -2.03. The van der Waals surface area contributed by atoms with Crippen molar-refractivity contribution < 1.29 is 9.13 Å². The Morgan fingerprint density at radius 2 is 2.17 bits per heavy atom. The first-order valence-corrected chi connectivity index (χ1v) is 5.56. The van der Waals surface area contributed by atoms with Crippen molar-refractivity contribution in [3.05, 3.63) is 57.8 Å². The SMILES string of the molecule is COc1cc(CCc2cccc(F)c2)n[nH]c1=O. The average molecular weight is 248 g/mol. The number of aryl methyl sites for hydroxylation is 2. The second-order valence-electron chi connectivity index (χ2n) is 3.89. The zero-order valence-electron chi connectivity index (χ0n) is 9.94. The summed E-state index contributed by atoms with van der Waals surface area (Å²) < 4.78 is 17.9. The van der Waals surface area contributed by atoms with Gasteiger partial charge in [-0.1, -0.05) is 12.1 Å². The molecule has 0 aliphatic rings. The number of H-pyrrole nitrogens is 1. The van der Waals surface area contributed by atoms with E-state index in [1.165, 1.54) is 19.2 Å². The van der Waals surface area contributed by atoms with Crippen molar-refractivity contribution in [1.29, 1.82) is 0 Å². The molecule has 2 aromatic rings. The van der Waals surface area contributed by atoms with Gasteiger partial charge in [-0.3, -0.25) is 4.79 Å². The molecule has 0 radical (unpaired) electrons. The number of rotatable bonds is 4. The van der Waals surface area contributed by atoms with Gasteiger partial charge in [-0.15, -0.1) is 0 Å². The molecule has 0 aliphatic heterocycles. The number of benzene rings is 1. The van der Waals surface area contributed by atoms with Gasteiger partial charge >= 0.3 is 5.56 Å². The number of nitrogens with zero attached hydrogens (tertiary/aromatic N) is 1. The lowest BCUT2D eigenvalue weighted by Crippen LogP contribution is -2.12. The van der Waals surface area contributed by atoms with Crippen LogP contribution in [0.15, 0.2) is 35.1 Å². The van der Waals surface area contributed by atoms with Crippen LogP contribution in [0.1, 0.15) is 11.3 Å². The second-order valence-corrected chi connectivity index (χ2v) is 3.89. The predicted molar refractivity (Wildman–Crippen MR) is 65.2 cm³/mol. The van der Waals surface area contributed by atoms with Crippen LogP contribution < -0.4 is 10.3 Å². The van der Waals surface area contributed by atoms with E-state index in [1.807, 2.05) is 6.07 Å². The minimum atomic E-state index is -0.355. The van der Waals surface area contributed by atoms with E-state index < -0.39 is 0 Å². The van der Waals surface area contributed by atoms with Crippen LogP contribution in [-0.2, 0) is 12.8 Å². The van der Waals surface area contributed by atoms with Gasteiger partial charge in [-0.2, -0.15) is 5.10 Å². The molecule has 0 bridgehead atoms.